The average Bonchev–Trinajstić information content (AvgIpc) is 3.03. The van der Waals surface area contributed by atoms with Gasteiger partial charge in [0.2, 0.25) is 11.8 Å². The van der Waals surface area contributed by atoms with Crippen molar-refractivity contribution in [2.24, 2.45) is 0 Å². The number of benzene rings is 2. The Morgan fingerprint density at radius 1 is 1.32 bits per heavy atom. The normalized spacial score (nSPS) is 16.4. The minimum atomic E-state index is -0.225. The molecule has 0 saturated heterocycles. The van der Waals surface area contributed by atoms with Gasteiger partial charge in [-0.3, -0.25) is 9.59 Å². The molecule has 3 aromatic rings. The molecule has 1 aliphatic rings. The first kappa shape index (κ1) is 18.4. The number of fused-ring (bicyclic) bond motifs is 2. The van der Waals surface area contributed by atoms with Crippen molar-refractivity contribution in [3.05, 3.63) is 42.5 Å². The summed E-state index contributed by atoms with van der Waals surface area (Å²) in [6, 6.07) is 12.7. The summed E-state index contributed by atoms with van der Waals surface area (Å²) in [5, 5.41) is 3.54. The van der Waals surface area contributed by atoms with Crippen LogP contribution in [-0.2, 0) is 9.59 Å². The van der Waals surface area contributed by atoms with E-state index in [0.29, 0.717) is 10.8 Å². The van der Waals surface area contributed by atoms with Gasteiger partial charge in [0.15, 0.2) is 5.16 Å². The van der Waals surface area contributed by atoms with Gasteiger partial charge in [-0.2, -0.15) is 0 Å². The Bertz CT molecular complexity index is 1050. The highest BCUT2D eigenvalue weighted by Gasteiger charge is 2.29. The fourth-order valence-electron chi connectivity index (χ4n) is 3.33. The Kier molecular flexibility index (Phi) is 4.95. The molecule has 4 rings (SSSR count). The van der Waals surface area contributed by atoms with Crippen LogP contribution in [0.25, 0.3) is 11.0 Å². The van der Waals surface area contributed by atoms with Crippen molar-refractivity contribution in [2.45, 2.75) is 24.5 Å². The zero-order valence-corrected chi connectivity index (χ0v) is 16.4. The second-order valence-corrected chi connectivity index (χ2v) is 7.56. The second kappa shape index (κ2) is 7.55. The Balaban J connectivity index is 1.54. The number of carbonyl (C=O) groups excluding carboxylic acids is 2. The van der Waals surface area contributed by atoms with Crippen LogP contribution in [0.3, 0.4) is 0 Å². The van der Waals surface area contributed by atoms with E-state index in [1.54, 1.807) is 12.0 Å². The molecule has 7 nitrogen and oxygen atoms in total. The number of hydrogen-bond acceptors (Lipinski definition) is 5. The van der Waals surface area contributed by atoms with E-state index in [2.05, 4.69) is 15.3 Å². The molecule has 0 spiro atoms. The molecule has 1 aliphatic heterocycles. The number of rotatable bonds is 4. The van der Waals surface area contributed by atoms with E-state index >= 15 is 0 Å². The van der Waals surface area contributed by atoms with Crippen LogP contribution in [-0.4, -0.2) is 40.7 Å². The quantitative estimate of drug-likeness (QED) is 0.660. The summed E-state index contributed by atoms with van der Waals surface area (Å²) in [4.78, 5) is 34.5. The molecular formula is C20H20N4O3S. The predicted octanol–water partition coefficient (Wildman–Crippen LogP) is 3.43. The highest BCUT2D eigenvalue weighted by atomic mass is 32.2. The van der Waals surface area contributed by atoms with Gasteiger partial charge < -0.3 is 19.9 Å². The maximum absolute atomic E-state index is 13.0. The topological polar surface area (TPSA) is 87.3 Å². The van der Waals surface area contributed by atoms with E-state index in [-0.39, 0.29) is 30.0 Å². The van der Waals surface area contributed by atoms with Gasteiger partial charge in [0.05, 0.1) is 35.3 Å². The molecule has 0 fully saturated rings. The van der Waals surface area contributed by atoms with Crippen LogP contribution >= 0.6 is 11.8 Å². The Morgan fingerprint density at radius 2 is 2.14 bits per heavy atom. The third-order valence-electron chi connectivity index (χ3n) is 4.63. The Morgan fingerprint density at radius 3 is 2.96 bits per heavy atom. The van der Waals surface area contributed by atoms with Gasteiger partial charge in [0.25, 0.3) is 0 Å². The number of para-hydroxylation sites is 2. The Labute approximate surface area is 166 Å². The zero-order valence-electron chi connectivity index (χ0n) is 15.6. The van der Waals surface area contributed by atoms with Gasteiger partial charge in [0, 0.05) is 18.5 Å². The van der Waals surface area contributed by atoms with Crippen LogP contribution in [0.1, 0.15) is 13.3 Å². The maximum atomic E-state index is 13.0. The summed E-state index contributed by atoms with van der Waals surface area (Å²) in [5.74, 6) is 0.800. The number of anilines is 2. The maximum Gasteiger partial charge on any atom is 0.237 e. The molecule has 28 heavy (non-hydrogen) atoms. The number of imidazole rings is 1. The third kappa shape index (κ3) is 3.55. The molecule has 2 aromatic carbocycles. The highest BCUT2D eigenvalue weighted by Crippen LogP contribution is 2.32. The summed E-state index contributed by atoms with van der Waals surface area (Å²) in [6.07, 6.45) is 0.259. The molecule has 2 heterocycles. The van der Waals surface area contributed by atoms with E-state index in [1.165, 1.54) is 11.8 Å². The molecule has 1 unspecified atom stereocenters. The Hall–Kier alpha value is -3.00. The fraction of sp³-hybridized carbons (Fsp3) is 0.250. The van der Waals surface area contributed by atoms with E-state index in [4.69, 9.17) is 4.74 Å². The molecule has 1 aromatic heterocycles. The SMILES string of the molecule is COc1ccc2nc(SCC(=O)N3c4ccccc4NC(=O)CC3C)[nH]c2c1. The minimum absolute atomic E-state index is 0.0699. The average molecular weight is 396 g/mol. The van der Waals surface area contributed by atoms with Crippen LogP contribution in [0.5, 0.6) is 5.75 Å². The number of aromatic amines is 1. The number of H-pyrrole nitrogens is 1. The van der Waals surface area contributed by atoms with Crippen LogP contribution in [0.15, 0.2) is 47.6 Å². The lowest BCUT2D eigenvalue weighted by Gasteiger charge is -2.27. The first-order valence-electron chi connectivity index (χ1n) is 8.92. The minimum Gasteiger partial charge on any atom is -0.497 e. The van der Waals surface area contributed by atoms with Crippen molar-refractivity contribution >= 4 is 46.0 Å². The largest absolute Gasteiger partial charge is 0.497 e. The van der Waals surface area contributed by atoms with Crippen molar-refractivity contribution < 1.29 is 14.3 Å². The summed E-state index contributed by atoms with van der Waals surface area (Å²) in [7, 11) is 1.62. The lowest BCUT2D eigenvalue weighted by Crippen LogP contribution is -2.40. The number of ether oxygens (including phenoxy) is 1. The number of nitrogens with one attached hydrogen (secondary N) is 2. The summed E-state index contributed by atoms with van der Waals surface area (Å²) in [6.45, 7) is 1.89. The molecule has 0 bridgehead atoms. The first-order valence-corrected chi connectivity index (χ1v) is 9.91. The molecule has 0 radical (unpaired) electrons. The number of thioether (sulfide) groups is 1. The van der Waals surface area contributed by atoms with Crippen LogP contribution < -0.4 is 15.0 Å². The number of aromatic nitrogens is 2. The van der Waals surface area contributed by atoms with Crippen LogP contribution in [0, 0.1) is 0 Å². The fourth-order valence-corrected chi connectivity index (χ4v) is 4.07. The molecule has 8 heteroatoms. The molecule has 0 aliphatic carbocycles. The standard InChI is InChI=1S/C20H20N4O3S/c1-12-9-18(25)21-15-5-3-4-6-17(15)24(12)19(26)11-28-20-22-14-8-7-13(27-2)10-16(14)23-20/h3-8,10,12H,9,11H2,1-2H3,(H,21,25)(H,22,23). The number of amides is 2. The summed E-state index contributed by atoms with van der Waals surface area (Å²) in [5.41, 5.74) is 3.06. The van der Waals surface area contributed by atoms with Crippen molar-refractivity contribution in [2.75, 3.05) is 23.1 Å². The predicted molar refractivity (Wildman–Crippen MR) is 110 cm³/mol. The smallest absolute Gasteiger partial charge is 0.237 e. The third-order valence-corrected chi connectivity index (χ3v) is 5.49. The van der Waals surface area contributed by atoms with Crippen molar-refractivity contribution in [1.82, 2.24) is 9.97 Å². The summed E-state index contributed by atoms with van der Waals surface area (Å²) >= 11 is 1.34. The van der Waals surface area contributed by atoms with E-state index in [9.17, 15) is 9.59 Å². The lowest BCUT2D eigenvalue weighted by atomic mass is 10.2. The van der Waals surface area contributed by atoms with Gasteiger partial charge in [0.1, 0.15) is 5.75 Å². The lowest BCUT2D eigenvalue weighted by molar-refractivity contribution is -0.117. The van der Waals surface area contributed by atoms with Crippen molar-refractivity contribution in [3.63, 3.8) is 0 Å². The van der Waals surface area contributed by atoms with Crippen molar-refractivity contribution in [1.29, 1.82) is 0 Å². The van der Waals surface area contributed by atoms with E-state index in [0.717, 1.165) is 22.5 Å². The van der Waals surface area contributed by atoms with E-state index < -0.39 is 0 Å². The van der Waals surface area contributed by atoms with Crippen LogP contribution in [0.2, 0.25) is 0 Å². The monoisotopic (exact) mass is 396 g/mol. The highest BCUT2D eigenvalue weighted by molar-refractivity contribution is 7.99. The molecule has 2 N–H and O–H groups in total. The zero-order chi connectivity index (χ0) is 19.7. The van der Waals surface area contributed by atoms with Crippen LogP contribution in [0.4, 0.5) is 11.4 Å². The van der Waals surface area contributed by atoms with Gasteiger partial charge >= 0.3 is 0 Å². The molecule has 1 atom stereocenters. The van der Waals surface area contributed by atoms with Gasteiger partial charge in [-0.25, -0.2) is 4.98 Å². The van der Waals surface area contributed by atoms with Gasteiger partial charge in [-0.1, -0.05) is 23.9 Å². The number of carbonyl (C=O) groups is 2. The summed E-state index contributed by atoms with van der Waals surface area (Å²) < 4.78 is 5.23. The van der Waals surface area contributed by atoms with Crippen molar-refractivity contribution in [3.8, 4) is 5.75 Å². The second-order valence-electron chi connectivity index (χ2n) is 6.60. The molecule has 2 amide bonds. The molecule has 144 valence electrons. The first-order chi connectivity index (χ1) is 13.5. The van der Waals surface area contributed by atoms with E-state index in [1.807, 2.05) is 49.4 Å². The number of methoxy groups -OCH3 is 1. The molecular weight excluding hydrogens is 376 g/mol. The molecule has 0 saturated carbocycles. The van der Waals surface area contributed by atoms with Gasteiger partial charge in [-0.15, -0.1) is 0 Å². The number of hydrogen-bond donors (Lipinski definition) is 2. The van der Waals surface area contributed by atoms with Gasteiger partial charge in [-0.05, 0) is 31.2 Å². The number of nitrogens with zero attached hydrogens (tertiary/aromatic N) is 2.